The lowest BCUT2D eigenvalue weighted by Gasteiger charge is -2.36. The van der Waals surface area contributed by atoms with Crippen molar-refractivity contribution in [3.63, 3.8) is 0 Å². The van der Waals surface area contributed by atoms with Gasteiger partial charge in [0.1, 0.15) is 0 Å². The van der Waals surface area contributed by atoms with Gasteiger partial charge in [0.15, 0.2) is 0 Å². The van der Waals surface area contributed by atoms with Gasteiger partial charge in [0.05, 0.1) is 24.5 Å². The molecule has 1 aliphatic rings. The number of nitrogens with zero attached hydrogens (tertiary/aromatic N) is 1. The van der Waals surface area contributed by atoms with Crippen molar-refractivity contribution in [2.24, 2.45) is 0 Å². The SMILES string of the molecule is CC1COCCN1c1cc(N)ccc1C(=O)O. The first-order valence-corrected chi connectivity index (χ1v) is 5.57. The van der Waals surface area contributed by atoms with E-state index in [4.69, 9.17) is 10.5 Å². The number of benzene rings is 1. The molecule has 1 heterocycles. The molecule has 0 aliphatic carbocycles. The number of ether oxygens (including phenoxy) is 1. The molecule has 0 aromatic heterocycles. The second-order valence-electron chi connectivity index (χ2n) is 4.20. The van der Waals surface area contributed by atoms with E-state index < -0.39 is 5.97 Å². The van der Waals surface area contributed by atoms with Crippen LogP contribution in [0.15, 0.2) is 18.2 Å². The zero-order valence-corrected chi connectivity index (χ0v) is 9.72. The molecule has 0 radical (unpaired) electrons. The van der Waals surface area contributed by atoms with Crippen LogP contribution in [0.2, 0.25) is 0 Å². The van der Waals surface area contributed by atoms with Crippen molar-refractivity contribution < 1.29 is 14.6 Å². The second-order valence-corrected chi connectivity index (χ2v) is 4.20. The van der Waals surface area contributed by atoms with Gasteiger partial charge >= 0.3 is 5.97 Å². The highest BCUT2D eigenvalue weighted by atomic mass is 16.5. The Morgan fingerprint density at radius 2 is 2.35 bits per heavy atom. The number of carbonyl (C=O) groups is 1. The average Bonchev–Trinajstić information content (AvgIpc) is 2.29. The molecule has 0 saturated carbocycles. The van der Waals surface area contributed by atoms with Crippen molar-refractivity contribution in [2.75, 3.05) is 30.4 Å². The van der Waals surface area contributed by atoms with E-state index in [1.165, 1.54) is 0 Å². The van der Waals surface area contributed by atoms with E-state index in [1.807, 2.05) is 11.8 Å². The summed E-state index contributed by atoms with van der Waals surface area (Å²) in [7, 11) is 0. The van der Waals surface area contributed by atoms with Crippen LogP contribution in [0.3, 0.4) is 0 Å². The van der Waals surface area contributed by atoms with Crippen LogP contribution in [0.25, 0.3) is 0 Å². The molecule has 1 aromatic carbocycles. The van der Waals surface area contributed by atoms with Crippen molar-refractivity contribution in [3.8, 4) is 0 Å². The van der Waals surface area contributed by atoms with Gasteiger partial charge in [0.25, 0.3) is 0 Å². The fraction of sp³-hybridized carbons (Fsp3) is 0.417. The summed E-state index contributed by atoms with van der Waals surface area (Å²) < 4.78 is 5.34. The maximum Gasteiger partial charge on any atom is 0.337 e. The third kappa shape index (κ3) is 2.34. The van der Waals surface area contributed by atoms with Crippen molar-refractivity contribution >= 4 is 17.3 Å². The van der Waals surface area contributed by atoms with Crippen molar-refractivity contribution in [1.29, 1.82) is 0 Å². The van der Waals surface area contributed by atoms with Crippen molar-refractivity contribution in [3.05, 3.63) is 23.8 Å². The van der Waals surface area contributed by atoms with Gasteiger partial charge in [-0.05, 0) is 25.1 Å². The molecule has 2 rings (SSSR count). The number of hydrogen-bond acceptors (Lipinski definition) is 4. The Morgan fingerprint density at radius 1 is 1.59 bits per heavy atom. The van der Waals surface area contributed by atoms with Gasteiger partial charge in [0.2, 0.25) is 0 Å². The largest absolute Gasteiger partial charge is 0.478 e. The minimum absolute atomic E-state index is 0.156. The summed E-state index contributed by atoms with van der Waals surface area (Å²) >= 11 is 0. The Bertz CT molecular complexity index is 434. The van der Waals surface area contributed by atoms with Gasteiger partial charge < -0.3 is 20.5 Å². The van der Waals surface area contributed by atoms with Crippen LogP contribution < -0.4 is 10.6 Å². The zero-order valence-electron chi connectivity index (χ0n) is 9.72. The molecule has 3 N–H and O–H groups in total. The van der Waals surface area contributed by atoms with Gasteiger partial charge in [-0.3, -0.25) is 0 Å². The van der Waals surface area contributed by atoms with E-state index in [9.17, 15) is 9.90 Å². The third-order valence-corrected chi connectivity index (χ3v) is 2.93. The monoisotopic (exact) mass is 236 g/mol. The molecule has 0 amide bonds. The molecule has 17 heavy (non-hydrogen) atoms. The van der Waals surface area contributed by atoms with Crippen LogP contribution in [0.5, 0.6) is 0 Å². The number of hydrogen-bond donors (Lipinski definition) is 2. The van der Waals surface area contributed by atoms with E-state index in [1.54, 1.807) is 18.2 Å². The lowest BCUT2D eigenvalue weighted by Crippen LogP contribution is -2.44. The number of nitrogens with two attached hydrogens (primary N) is 1. The summed E-state index contributed by atoms with van der Waals surface area (Å²) in [5.74, 6) is -0.932. The minimum atomic E-state index is -0.932. The summed E-state index contributed by atoms with van der Waals surface area (Å²) in [5.41, 5.74) is 7.26. The van der Waals surface area contributed by atoms with Gasteiger partial charge in [-0.1, -0.05) is 0 Å². The molecule has 1 aromatic rings. The van der Waals surface area contributed by atoms with Crippen LogP contribution >= 0.6 is 0 Å². The van der Waals surface area contributed by atoms with Crippen LogP contribution in [-0.4, -0.2) is 36.9 Å². The molecular formula is C12H16N2O3. The molecule has 0 spiro atoms. The Hall–Kier alpha value is -1.75. The summed E-state index contributed by atoms with van der Waals surface area (Å²) in [5, 5.41) is 9.17. The molecule has 0 bridgehead atoms. The van der Waals surface area contributed by atoms with E-state index in [0.717, 1.165) is 0 Å². The molecule has 1 unspecified atom stereocenters. The number of morpholine rings is 1. The molecule has 1 fully saturated rings. The van der Waals surface area contributed by atoms with Crippen LogP contribution in [0, 0.1) is 0 Å². The molecule has 1 atom stereocenters. The van der Waals surface area contributed by atoms with Gasteiger partial charge in [-0.2, -0.15) is 0 Å². The highest BCUT2D eigenvalue weighted by Gasteiger charge is 2.23. The van der Waals surface area contributed by atoms with Gasteiger partial charge in [-0.25, -0.2) is 4.79 Å². The van der Waals surface area contributed by atoms with E-state index >= 15 is 0 Å². The molecule has 92 valence electrons. The van der Waals surface area contributed by atoms with E-state index in [-0.39, 0.29) is 11.6 Å². The molecule has 5 nitrogen and oxygen atoms in total. The minimum Gasteiger partial charge on any atom is -0.478 e. The Labute approximate surface area is 99.8 Å². The number of anilines is 2. The average molecular weight is 236 g/mol. The normalized spacial score (nSPS) is 20.3. The summed E-state index contributed by atoms with van der Waals surface area (Å²) in [6, 6.07) is 5.03. The first kappa shape index (κ1) is 11.7. The van der Waals surface area contributed by atoms with Crippen molar-refractivity contribution in [1.82, 2.24) is 0 Å². The number of carboxylic acid groups (broad SMARTS) is 1. The van der Waals surface area contributed by atoms with Gasteiger partial charge in [-0.15, -0.1) is 0 Å². The summed E-state index contributed by atoms with van der Waals surface area (Å²) in [4.78, 5) is 13.2. The fourth-order valence-electron chi connectivity index (χ4n) is 2.05. The van der Waals surface area contributed by atoms with Crippen LogP contribution in [0.1, 0.15) is 17.3 Å². The lowest BCUT2D eigenvalue weighted by atomic mass is 10.1. The molecule has 1 saturated heterocycles. The standard InChI is InChI=1S/C12H16N2O3/c1-8-7-17-5-4-14(8)11-6-9(13)2-3-10(11)12(15)16/h2-3,6,8H,4-5,7,13H2,1H3,(H,15,16). The second kappa shape index (κ2) is 4.63. The first-order chi connectivity index (χ1) is 8.09. The number of rotatable bonds is 2. The predicted molar refractivity (Wildman–Crippen MR) is 65.4 cm³/mol. The van der Waals surface area contributed by atoms with E-state index in [2.05, 4.69) is 0 Å². The lowest BCUT2D eigenvalue weighted by molar-refractivity contribution is 0.0695. The maximum absolute atomic E-state index is 11.2. The van der Waals surface area contributed by atoms with Gasteiger partial charge in [0, 0.05) is 18.3 Å². The number of nitrogen functional groups attached to an aromatic ring is 1. The Kier molecular flexibility index (Phi) is 3.19. The Morgan fingerprint density at radius 3 is 3.00 bits per heavy atom. The topological polar surface area (TPSA) is 75.8 Å². The quantitative estimate of drug-likeness (QED) is 0.754. The molecule has 1 aliphatic heterocycles. The Balaban J connectivity index is 2.41. The van der Waals surface area contributed by atoms with Crippen molar-refractivity contribution in [2.45, 2.75) is 13.0 Å². The highest BCUT2D eigenvalue weighted by Crippen LogP contribution is 2.26. The first-order valence-electron chi connectivity index (χ1n) is 5.57. The molecule has 5 heteroatoms. The maximum atomic E-state index is 11.2. The number of carboxylic acids is 1. The van der Waals surface area contributed by atoms with Crippen LogP contribution in [0.4, 0.5) is 11.4 Å². The predicted octanol–water partition coefficient (Wildman–Crippen LogP) is 1.19. The summed E-state index contributed by atoms with van der Waals surface area (Å²) in [6.45, 7) is 3.91. The number of aromatic carboxylic acids is 1. The fourth-order valence-corrected chi connectivity index (χ4v) is 2.05. The highest BCUT2D eigenvalue weighted by molar-refractivity contribution is 5.95. The zero-order chi connectivity index (χ0) is 12.4. The summed E-state index contributed by atoms with van der Waals surface area (Å²) in [6.07, 6.45) is 0. The molecular weight excluding hydrogens is 220 g/mol. The smallest absolute Gasteiger partial charge is 0.337 e. The van der Waals surface area contributed by atoms with Crippen LogP contribution in [-0.2, 0) is 4.74 Å². The van der Waals surface area contributed by atoms with E-state index in [0.29, 0.717) is 31.1 Å². The third-order valence-electron chi connectivity index (χ3n) is 2.93.